The van der Waals surface area contributed by atoms with Crippen molar-refractivity contribution in [1.82, 2.24) is 15.3 Å². The van der Waals surface area contributed by atoms with E-state index >= 15 is 0 Å². The molecule has 3 rings (SSSR count). The van der Waals surface area contributed by atoms with E-state index < -0.39 is 0 Å². The summed E-state index contributed by atoms with van der Waals surface area (Å²) >= 11 is 1.64. The summed E-state index contributed by atoms with van der Waals surface area (Å²) in [7, 11) is 0. The van der Waals surface area contributed by atoms with E-state index in [1.165, 1.54) is 0 Å². The average molecular weight is 235 g/mol. The molecule has 1 fully saturated rings. The molecule has 84 valence electrons. The molecule has 0 radical (unpaired) electrons. The molecule has 0 spiro atoms. The average Bonchev–Trinajstić information content (AvgIpc) is 2.75. The van der Waals surface area contributed by atoms with Gasteiger partial charge in [-0.05, 0) is 11.4 Å². The molecule has 2 aromatic heterocycles. The Morgan fingerprint density at radius 2 is 2.50 bits per heavy atom. The van der Waals surface area contributed by atoms with Gasteiger partial charge in [-0.1, -0.05) is 0 Å². The molecular weight excluding hydrogens is 222 g/mol. The van der Waals surface area contributed by atoms with Crippen molar-refractivity contribution in [2.45, 2.75) is 6.17 Å². The third kappa shape index (κ3) is 1.75. The summed E-state index contributed by atoms with van der Waals surface area (Å²) in [6.45, 7) is 2.55. The second-order valence-electron chi connectivity index (χ2n) is 3.86. The van der Waals surface area contributed by atoms with E-state index in [1.807, 2.05) is 17.6 Å². The highest BCUT2D eigenvalue weighted by atomic mass is 32.1. The van der Waals surface area contributed by atoms with E-state index in [1.54, 1.807) is 11.3 Å². The van der Waals surface area contributed by atoms with Crippen molar-refractivity contribution in [3.05, 3.63) is 17.6 Å². The molecule has 2 aromatic rings. The number of aromatic nitrogens is 2. The molecule has 1 unspecified atom stereocenters. The number of fused-ring (bicyclic) bond motifs is 1. The van der Waals surface area contributed by atoms with Crippen molar-refractivity contribution in [1.29, 1.82) is 0 Å². The quantitative estimate of drug-likeness (QED) is 0.748. The molecule has 3 N–H and O–H groups in total. The first kappa shape index (κ1) is 9.95. The molecule has 3 heterocycles. The number of hydrogen-bond acceptors (Lipinski definition) is 6. The smallest absolute Gasteiger partial charge is 0.226 e. The lowest BCUT2D eigenvalue weighted by Crippen LogP contribution is -2.55. The maximum Gasteiger partial charge on any atom is 0.226 e. The van der Waals surface area contributed by atoms with Gasteiger partial charge in [-0.2, -0.15) is 0 Å². The first-order valence-corrected chi connectivity index (χ1v) is 6.15. The van der Waals surface area contributed by atoms with Crippen LogP contribution >= 0.6 is 11.3 Å². The number of nitrogens with two attached hydrogens (primary N) is 1. The van der Waals surface area contributed by atoms with Gasteiger partial charge in [0.05, 0.1) is 6.17 Å². The molecule has 0 bridgehead atoms. The minimum Gasteiger partial charge on any atom is -0.337 e. The molecule has 1 aliphatic rings. The monoisotopic (exact) mass is 235 g/mol. The van der Waals surface area contributed by atoms with Gasteiger partial charge in [-0.15, -0.1) is 11.3 Å². The summed E-state index contributed by atoms with van der Waals surface area (Å²) < 4.78 is 0. The fourth-order valence-corrected chi connectivity index (χ4v) is 2.59. The van der Waals surface area contributed by atoms with Crippen molar-refractivity contribution >= 4 is 27.5 Å². The zero-order valence-corrected chi connectivity index (χ0v) is 9.57. The van der Waals surface area contributed by atoms with E-state index in [0.29, 0.717) is 0 Å². The Bertz CT molecular complexity index is 497. The number of thiophene rings is 1. The Morgan fingerprint density at radius 3 is 3.38 bits per heavy atom. The zero-order valence-electron chi connectivity index (χ0n) is 8.76. The van der Waals surface area contributed by atoms with Crippen LogP contribution in [0.15, 0.2) is 17.6 Å². The summed E-state index contributed by atoms with van der Waals surface area (Å²) in [6.07, 6.45) is 1.89. The number of nitrogens with one attached hydrogen (secondary N) is 1. The lowest BCUT2D eigenvalue weighted by Gasteiger charge is -2.31. The summed E-state index contributed by atoms with van der Waals surface area (Å²) in [5.41, 5.74) is 5.85. The van der Waals surface area contributed by atoms with Crippen LogP contribution in [0, 0.1) is 0 Å². The minimum absolute atomic E-state index is 0.0105. The van der Waals surface area contributed by atoms with Gasteiger partial charge < -0.3 is 10.6 Å². The van der Waals surface area contributed by atoms with Gasteiger partial charge in [0, 0.05) is 31.2 Å². The summed E-state index contributed by atoms with van der Waals surface area (Å²) in [5.74, 6) is 0.784. The highest BCUT2D eigenvalue weighted by Gasteiger charge is 2.18. The van der Waals surface area contributed by atoms with Gasteiger partial charge in [-0.25, -0.2) is 9.97 Å². The van der Waals surface area contributed by atoms with Gasteiger partial charge >= 0.3 is 0 Å². The molecule has 0 saturated carbocycles. The first-order chi connectivity index (χ1) is 7.83. The number of anilines is 1. The largest absolute Gasteiger partial charge is 0.337 e. The molecule has 6 heteroatoms. The summed E-state index contributed by atoms with van der Waals surface area (Å²) in [4.78, 5) is 12.1. The van der Waals surface area contributed by atoms with Crippen molar-refractivity contribution in [2.24, 2.45) is 5.73 Å². The molecular formula is C10H13N5S. The first-order valence-electron chi connectivity index (χ1n) is 5.27. The second-order valence-corrected chi connectivity index (χ2v) is 4.75. The van der Waals surface area contributed by atoms with E-state index in [0.717, 1.165) is 35.8 Å². The maximum atomic E-state index is 5.85. The topological polar surface area (TPSA) is 67.1 Å². The third-order valence-corrected chi connectivity index (χ3v) is 3.51. The molecule has 16 heavy (non-hydrogen) atoms. The molecule has 1 saturated heterocycles. The molecule has 0 aliphatic carbocycles. The molecule has 0 aromatic carbocycles. The van der Waals surface area contributed by atoms with E-state index in [-0.39, 0.29) is 6.17 Å². The zero-order chi connectivity index (χ0) is 11.0. The van der Waals surface area contributed by atoms with Crippen LogP contribution in [0.3, 0.4) is 0 Å². The van der Waals surface area contributed by atoms with Gasteiger partial charge in [-0.3, -0.25) is 5.32 Å². The van der Waals surface area contributed by atoms with E-state index in [9.17, 15) is 0 Å². The van der Waals surface area contributed by atoms with Crippen LogP contribution in [-0.2, 0) is 0 Å². The Hall–Kier alpha value is -1.24. The number of nitrogens with zero attached hydrogens (tertiary/aromatic N) is 3. The van der Waals surface area contributed by atoms with Crippen molar-refractivity contribution < 1.29 is 0 Å². The standard InChI is InChI=1S/C10H13N5S/c11-8-6-15(3-2-12-8)10-13-5-7-1-4-16-9(7)14-10/h1,4-5,8,12H,2-3,6,11H2. The maximum absolute atomic E-state index is 5.85. The Kier molecular flexibility index (Phi) is 2.47. The SMILES string of the molecule is NC1CN(c2ncc3ccsc3n2)CCN1. The molecule has 1 atom stereocenters. The Labute approximate surface area is 97.3 Å². The van der Waals surface area contributed by atoms with Gasteiger partial charge in [0.1, 0.15) is 4.83 Å². The van der Waals surface area contributed by atoms with Crippen LogP contribution in [0.5, 0.6) is 0 Å². The molecule has 1 aliphatic heterocycles. The third-order valence-electron chi connectivity index (χ3n) is 2.68. The van der Waals surface area contributed by atoms with E-state index in [2.05, 4.69) is 20.2 Å². The lowest BCUT2D eigenvalue weighted by atomic mass is 10.3. The highest BCUT2D eigenvalue weighted by molar-refractivity contribution is 7.16. The number of rotatable bonds is 1. The Morgan fingerprint density at radius 1 is 1.56 bits per heavy atom. The predicted molar refractivity (Wildman–Crippen MR) is 65.6 cm³/mol. The van der Waals surface area contributed by atoms with E-state index in [4.69, 9.17) is 5.73 Å². The second kappa shape index (κ2) is 3.97. The van der Waals surface area contributed by atoms with Gasteiger partial charge in [0.2, 0.25) is 5.95 Å². The normalized spacial score (nSPS) is 21.6. The van der Waals surface area contributed by atoms with Crippen LogP contribution in [0.1, 0.15) is 0 Å². The van der Waals surface area contributed by atoms with Crippen LogP contribution in [0.2, 0.25) is 0 Å². The number of piperazine rings is 1. The highest BCUT2D eigenvalue weighted by Crippen LogP contribution is 2.20. The van der Waals surface area contributed by atoms with Gasteiger partial charge in [0.15, 0.2) is 0 Å². The lowest BCUT2D eigenvalue weighted by molar-refractivity contribution is 0.464. The predicted octanol–water partition coefficient (Wildman–Crippen LogP) is 0.386. The van der Waals surface area contributed by atoms with Crippen LogP contribution in [0.4, 0.5) is 5.95 Å². The molecule has 5 nitrogen and oxygen atoms in total. The Balaban J connectivity index is 1.92. The summed E-state index contributed by atoms with van der Waals surface area (Å²) in [5, 5.41) is 6.34. The van der Waals surface area contributed by atoms with Crippen molar-refractivity contribution in [3.63, 3.8) is 0 Å². The number of hydrogen-bond donors (Lipinski definition) is 2. The fraction of sp³-hybridized carbons (Fsp3) is 0.400. The van der Waals surface area contributed by atoms with Crippen LogP contribution in [-0.4, -0.2) is 35.8 Å². The summed E-state index contributed by atoms with van der Waals surface area (Å²) in [6, 6.07) is 2.03. The van der Waals surface area contributed by atoms with Crippen LogP contribution < -0.4 is 16.0 Å². The fourth-order valence-electron chi connectivity index (χ4n) is 1.86. The minimum atomic E-state index is 0.0105. The molecule has 0 amide bonds. The van der Waals surface area contributed by atoms with Crippen molar-refractivity contribution in [2.75, 3.05) is 24.5 Å². The van der Waals surface area contributed by atoms with Gasteiger partial charge in [0.25, 0.3) is 0 Å². The van der Waals surface area contributed by atoms with Crippen molar-refractivity contribution in [3.8, 4) is 0 Å². The van der Waals surface area contributed by atoms with Crippen LogP contribution in [0.25, 0.3) is 10.2 Å².